The number of hydrogen-bond acceptors (Lipinski definition) is 2. The highest BCUT2D eigenvalue weighted by molar-refractivity contribution is 9.10. The van der Waals surface area contributed by atoms with E-state index in [-0.39, 0.29) is 0 Å². The Morgan fingerprint density at radius 3 is 2.68 bits per heavy atom. The predicted octanol–water partition coefficient (Wildman–Crippen LogP) is 3.66. The maximum Gasteiger partial charge on any atom is 0.0244 e. The number of rotatable bonds is 7. The molecule has 2 rings (SSSR count). The molecule has 1 aromatic carbocycles. The number of nitrogens with one attached hydrogen (secondary N) is 1. The average molecular weight is 325 g/mol. The van der Waals surface area contributed by atoms with Crippen molar-refractivity contribution in [2.45, 2.75) is 45.3 Å². The van der Waals surface area contributed by atoms with Crippen molar-refractivity contribution in [3.05, 3.63) is 34.3 Å². The van der Waals surface area contributed by atoms with Gasteiger partial charge in [-0.15, -0.1) is 0 Å². The smallest absolute Gasteiger partial charge is 0.0244 e. The molecular weight excluding hydrogens is 300 g/mol. The minimum absolute atomic E-state index is 0.597. The fourth-order valence-electron chi connectivity index (χ4n) is 2.52. The first-order valence-electron chi connectivity index (χ1n) is 7.24. The topological polar surface area (TPSA) is 15.3 Å². The third kappa shape index (κ3) is 4.90. The second kappa shape index (κ2) is 6.87. The lowest BCUT2D eigenvalue weighted by molar-refractivity contribution is 0.179. The van der Waals surface area contributed by atoms with E-state index in [0.29, 0.717) is 12.0 Å². The molecule has 0 bridgehead atoms. The van der Waals surface area contributed by atoms with Gasteiger partial charge in [-0.3, -0.25) is 4.90 Å². The largest absolute Gasteiger partial charge is 0.312 e. The summed E-state index contributed by atoms with van der Waals surface area (Å²) in [6.45, 7) is 6.74. The molecule has 1 fully saturated rings. The molecule has 1 N–H and O–H groups in total. The van der Waals surface area contributed by atoms with Crippen molar-refractivity contribution < 1.29 is 0 Å². The Bertz CT molecular complexity index is 401. The Hall–Kier alpha value is -0.380. The molecule has 3 heteroatoms. The van der Waals surface area contributed by atoms with E-state index in [0.717, 1.165) is 23.6 Å². The second-order valence-electron chi connectivity index (χ2n) is 6.04. The van der Waals surface area contributed by atoms with Gasteiger partial charge in [-0.25, -0.2) is 0 Å². The van der Waals surface area contributed by atoms with Gasteiger partial charge in [0.15, 0.2) is 0 Å². The van der Waals surface area contributed by atoms with Crippen molar-refractivity contribution in [1.29, 1.82) is 0 Å². The van der Waals surface area contributed by atoms with Gasteiger partial charge in [0.25, 0.3) is 0 Å². The van der Waals surface area contributed by atoms with Gasteiger partial charge in [0.05, 0.1) is 0 Å². The zero-order valence-electron chi connectivity index (χ0n) is 12.2. The van der Waals surface area contributed by atoms with Crippen LogP contribution in [0.4, 0.5) is 0 Å². The molecule has 0 radical (unpaired) electrons. The SMILES string of the molecule is CC(C)C(CNC1CC1)N(C)Cc1cccc(Br)c1. The molecule has 19 heavy (non-hydrogen) atoms. The van der Waals surface area contributed by atoms with Crippen molar-refractivity contribution in [1.82, 2.24) is 10.2 Å². The molecule has 2 nitrogen and oxygen atoms in total. The maximum atomic E-state index is 3.67. The van der Waals surface area contributed by atoms with Crippen LogP contribution in [-0.4, -0.2) is 30.6 Å². The quantitative estimate of drug-likeness (QED) is 0.823. The minimum Gasteiger partial charge on any atom is -0.312 e. The molecule has 0 aliphatic heterocycles. The predicted molar refractivity (Wildman–Crippen MR) is 85.3 cm³/mol. The zero-order chi connectivity index (χ0) is 13.8. The van der Waals surface area contributed by atoms with Gasteiger partial charge in [0.2, 0.25) is 0 Å². The Kier molecular flexibility index (Phi) is 5.43. The minimum atomic E-state index is 0.597. The van der Waals surface area contributed by atoms with E-state index in [1.807, 2.05) is 0 Å². The lowest BCUT2D eigenvalue weighted by Crippen LogP contribution is -2.43. The van der Waals surface area contributed by atoms with E-state index >= 15 is 0 Å². The van der Waals surface area contributed by atoms with Crippen molar-refractivity contribution >= 4 is 15.9 Å². The molecule has 0 aromatic heterocycles. The van der Waals surface area contributed by atoms with Crippen LogP contribution in [0.3, 0.4) is 0 Å². The second-order valence-corrected chi connectivity index (χ2v) is 6.95. The lowest BCUT2D eigenvalue weighted by atomic mass is 10.0. The molecule has 1 aliphatic rings. The van der Waals surface area contributed by atoms with E-state index in [4.69, 9.17) is 0 Å². The summed E-state index contributed by atoms with van der Waals surface area (Å²) in [5.41, 5.74) is 1.37. The Labute approximate surface area is 125 Å². The highest BCUT2D eigenvalue weighted by Gasteiger charge is 2.24. The van der Waals surface area contributed by atoms with E-state index in [2.05, 4.69) is 71.3 Å². The van der Waals surface area contributed by atoms with Crippen molar-refractivity contribution in [3.63, 3.8) is 0 Å². The summed E-state index contributed by atoms with van der Waals surface area (Å²) >= 11 is 3.55. The van der Waals surface area contributed by atoms with Crippen molar-refractivity contribution in [2.24, 2.45) is 5.92 Å². The highest BCUT2D eigenvalue weighted by atomic mass is 79.9. The monoisotopic (exact) mass is 324 g/mol. The average Bonchev–Trinajstić information content (AvgIpc) is 3.12. The molecule has 106 valence electrons. The van der Waals surface area contributed by atoms with Gasteiger partial charge in [-0.05, 0) is 43.5 Å². The molecule has 1 saturated carbocycles. The van der Waals surface area contributed by atoms with Crippen molar-refractivity contribution in [3.8, 4) is 0 Å². The number of nitrogens with zero attached hydrogens (tertiary/aromatic N) is 1. The maximum absolute atomic E-state index is 3.67. The molecular formula is C16H25BrN2. The third-order valence-electron chi connectivity index (χ3n) is 3.85. The van der Waals surface area contributed by atoms with Crippen LogP contribution >= 0.6 is 15.9 Å². The Morgan fingerprint density at radius 2 is 2.11 bits per heavy atom. The molecule has 0 saturated heterocycles. The summed E-state index contributed by atoms with van der Waals surface area (Å²) in [4.78, 5) is 2.47. The van der Waals surface area contributed by atoms with Gasteiger partial charge >= 0.3 is 0 Å². The van der Waals surface area contributed by atoms with Crippen LogP contribution in [0.15, 0.2) is 28.7 Å². The molecule has 1 aromatic rings. The summed E-state index contributed by atoms with van der Waals surface area (Å²) in [6.07, 6.45) is 2.72. The fourth-order valence-corrected chi connectivity index (χ4v) is 2.96. The molecule has 1 atom stereocenters. The number of benzene rings is 1. The first-order valence-corrected chi connectivity index (χ1v) is 8.03. The van der Waals surface area contributed by atoms with Crippen LogP contribution in [0, 0.1) is 5.92 Å². The van der Waals surface area contributed by atoms with Crippen LogP contribution in [0.5, 0.6) is 0 Å². The lowest BCUT2D eigenvalue weighted by Gasteiger charge is -2.31. The summed E-state index contributed by atoms with van der Waals surface area (Å²) in [7, 11) is 2.24. The summed E-state index contributed by atoms with van der Waals surface area (Å²) in [5.74, 6) is 0.670. The van der Waals surface area contributed by atoms with Crippen LogP contribution < -0.4 is 5.32 Å². The molecule has 0 amide bonds. The van der Waals surface area contributed by atoms with E-state index in [9.17, 15) is 0 Å². The van der Waals surface area contributed by atoms with Gasteiger partial charge in [0.1, 0.15) is 0 Å². The van der Waals surface area contributed by atoms with Crippen LogP contribution in [0.1, 0.15) is 32.3 Å². The fraction of sp³-hybridized carbons (Fsp3) is 0.625. The van der Waals surface area contributed by atoms with E-state index < -0.39 is 0 Å². The normalized spacial score (nSPS) is 17.2. The van der Waals surface area contributed by atoms with E-state index in [1.54, 1.807) is 0 Å². The first-order chi connectivity index (χ1) is 9.06. The van der Waals surface area contributed by atoms with Gasteiger partial charge < -0.3 is 5.32 Å². The number of halogens is 1. The van der Waals surface area contributed by atoms with E-state index in [1.165, 1.54) is 18.4 Å². The Balaban J connectivity index is 1.91. The van der Waals surface area contributed by atoms with Crippen molar-refractivity contribution in [2.75, 3.05) is 13.6 Å². The molecule has 1 unspecified atom stereocenters. The van der Waals surface area contributed by atoms with Gasteiger partial charge in [-0.1, -0.05) is 41.9 Å². The van der Waals surface area contributed by atoms with Crippen LogP contribution in [0.25, 0.3) is 0 Å². The summed E-state index contributed by atoms with van der Waals surface area (Å²) in [6, 6.07) is 9.99. The van der Waals surface area contributed by atoms with Gasteiger partial charge in [0, 0.05) is 29.6 Å². The third-order valence-corrected chi connectivity index (χ3v) is 4.34. The highest BCUT2D eigenvalue weighted by Crippen LogP contribution is 2.20. The Morgan fingerprint density at radius 1 is 1.37 bits per heavy atom. The standard InChI is InChI=1S/C16H25BrN2/c1-12(2)16(10-18-15-7-8-15)19(3)11-13-5-4-6-14(17)9-13/h4-6,9,12,15-16,18H,7-8,10-11H2,1-3H3. The number of likely N-dealkylation sites (N-methyl/N-ethyl adjacent to an activating group) is 1. The molecule has 0 spiro atoms. The summed E-state index contributed by atoms with van der Waals surface area (Å²) in [5, 5.41) is 3.67. The number of hydrogen-bond donors (Lipinski definition) is 1. The molecule has 0 heterocycles. The van der Waals surface area contributed by atoms with Crippen LogP contribution in [-0.2, 0) is 6.54 Å². The summed E-state index contributed by atoms with van der Waals surface area (Å²) < 4.78 is 1.16. The van der Waals surface area contributed by atoms with Crippen LogP contribution in [0.2, 0.25) is 0 Å². The molecule has 1 aliphatic carbocycles. The van der Waals surface area contributed by atoms with Gasteiger partial charge in [-0.2, -0.15) is 0 Å². The zero-order valence-corrected chi connectivity index (χ0v) is 13.8. The first kappa shape index (κ1) is 15.0.